The van der Waals surface area contributed by atoms with E-state index < -0.39 is 0 Å². The largest absolute Gasteiger partial charge is 0.307 e. The molecule has 2 aliphatic rings. The predicted octanol–water partition coefficient (Wildman–Crippen LogP) is 4.61. The van der Waals surface area contributed by atoms with Crippen molar-refractivity contribution in [2.75, 3.05) is 0 Å². The Hall–Kier alpha value is -0.820. The van der Waals surface area contributed by atoms with Crippen LogP contribution in [-0.2, 0) is 0 Å². The monoisotopic (exact) mass is 257 g/mol. The molecule has 0 aliphatic heterocycles. The van der Waals surface area contributed by atoms with E-state index >= 15 is 0 Å². The van der Waals surface area contributed by atoms with Gasteiger partial charge in [-0.1, -0.05) is 37.1 Å². The molecular weight excluding hydrogens is 230 g/mol. The highest BCUT2D eigenvalue weighted by Crippen LogP contribution is 2.44. The fraction of sp³-hybridized carbons (Fsp3) is 0.667. The van der Waals surface area contributed by atoms with Crippen LogP contribution in [0.3, 0.4) is 0 Å². The van der Waals surface area contributed by atoms with E-state index in [1.165, 1.54) is 49.7 Å². The first kappa shape index (κ1) is 13.2. The van der Waals surface area contributed by atoms with Crippen LogP contribution in [0.1, 0.15) is 62.6 Å². The number of aryl methyl sites for hydroxylation is 1. The summed E-state index contributed by atoms with van der Waals surface area (Å²) in [6.45, 7) is 4.55. The molecule has 1 heteroatoms. The summed E-state index contributed by atoms with van der Waals surface area (Å²) >= 11 is 0. The van der Waals surface area contributed by atoms with Crippen LogP contribution in [0.15, 0.2) is 24.3 Å². The average Bonchev–Trinajstić information content (AvgIpc) is 3.24. The number of hydrogen-bond acceptors (Lipinski definition) is 1. The predicted molar refractivity (Wildman–Crippen MR) is 81.2 cm³/mol. The molecule has 0 bridgehead atoms. The fourth-order valence-electron chi connectivity index (χ4n) is 3.89. The Morgan fingerprint density at radius 3 is 2.58 bits per heavy atom. The Balaban J connectivity index is 1.59. The molecule has 1 nitrogen and oxygen atoms in total. The third-order valence-corrected chi connectivity index (χ3v) is 5.14. The zero-order chi connectivity index (χ0) is 13.2. The van der Waals surface area contributed by atoms with Crippen molar-refractivity contribution in [3.8, 4) is 0 Å². The lowest BCUT2D eigenvalue weighted by Crippen LogP contribution is -2.36. The van der Waals surface area contributed by atoms with E-state index in [4.69, 9.17) is 0 Å². The molecule has 2 unspecified atom stereocenters. The maximum absolute atomic E-state index is 3.89. The van der Waals surface area contributed by atoms with Gasteiger partial charge in [-0.15, -0.1) is 0 Å². The lowest BCUT2D eigenvalue weighted by atomic mass is 9.82. The minimum Gasteiger partial charge on any atom is -0.307 e. The molecule has 2 fully saturated rings. The van der Waals surface area contributed by atoms with Gasteiger partial charge in [-0.3, -0.25) is 0 Å². The summed E-state index contributed by atoms with van der Waals surface area (Å²) in [6, 6.07) is 10.0. The number of benzene rings is 1. The van der Waals surface area contributed by atoms with Gasteiger partial charge in [-0.25, -0.2) is 0 Å². The smallest absolute Gasteiger partial charge is 0.0296 e. The molecule has 2 aliphatic carbocycles. The van der Waals surface area contributed by atoms with Crippen molar-refractivity contribution in [1.29, 1.82) is 0 Å². The molecule has 1 aromatic carbocycles. The highest BCUT2D eigenvalue weighted by atomic mass is 14.9. The Kier molecular flexibility index (Phi) is 3.93. The normalized spacial score (nSPS) is 29.2. The molecule has 104 valence electrons. The molecule has 3 rings (SSSR count). The molecule has 1 N–H and O–H groups in total. The first-order chi connectivity index (χ1) is 9.24. The van der Waals surface area contributed by atoms with Gasteiger partial charge in [0, 0.05) is 12.1 Å². The van der Waals surface area contributed by atoms with Gasteiger partial charge in [-0.05, 0) is 62.5 Å². The Labute approximate surface area is 117 Å². The summed E-state index contributed by atoms with van der Waals surface area (Å²) in [5, 5.41) is 3.89. The van der Waals surface area contributed by atoms with Crippen LogP contribution in [0.25, 0.3) is 0 Å². The molecule has 3 atom stereocenters. The lowest BCUT2D eigenvalue weighted by Gasteiger charge is -2.32. The molecule has 2 saturated carbocycles. The molecular formula is C18H27N. The van der Waals surface area contributed by atoms with Crippen molar-refractivity contribution >= 4 is 0 Å². The van der Waals surface area contributed by atoms with Gasteiger partial charge in [-0.2, -0.15) is 0 Å². The van der Waals surface area contributed by atoms with Crippen LogP contribution in [0.4, 0.5) is 0 Å². The van der Waals surface area contributed by atoms with E-state index in [-0.39, 0.29) is 0 Å². The second kappa shape index (κ2) is 5.66. The van der Waals surface area contributed by atoms with Gasteiger partial charge in [0.2, 0.25) is 0 Å². The van der Waals surface area contributed by atoms with Gasteiger partial charge in [0.15, 0.2) is 0 Å². The number of rotatable bonds is 4. The minimum absolute atomic E-state index is 0.490. The van der Waals surface area contributed by atoms with Crippen molar-refractivity contribution in [3.63, 3.8) is 0 Å². The molecule has 0 aromatic heterocycles. The molecule has 0 spiro atoms. The highest BCUT2D eigenvalue weighted by Gasteiger charge is 2.34. The molecule has 1 aromatic rings. The van der Waals surface area contributed by atoms with Crippen molar-refractivity contribution in [2.24, 2.45) is 11.8 Å². The molecule has 0 radical (unpaired) electrons. The second-order valence-corrected chi connectivity index (χ2v) is 6.71. The van der Waals surface area contributed by atoms with Crippen LogP contribution in [0.5, 0.6) is 0 Å². The van der Waals surface area contributed by atoms with Gasteiger partial charge < -0.3 is 5.32 Å². The maximum atomic E-state index is 3.89. The van der Waals surface area contributed by atoms with Gasteiger partial charge >= 0.3 is 0 Å². The van der Waals surface area contributed by atoms with E-state index in [1.54, 1.807) is 0 Å². The molecule has 0 saturated heterocycles. The fourth-order valence-corrected chi connectivity index (χ4v) is 3.89. The first-order valence-corrected chi connectivity index (χ1v) is 8.05. The topological polar surface area (TPSA) is 12.0 Å². The van der Waals surface area contributed by atoms with Crippen molar-refractivity contribution in [1.82, 2.24) is 5.32 Å². The van der Waals surface area contributed by atoms with E-state index in [0.717, 1.165) is 17.9 Å². The minimum atomic E-state index is 0.490. The van der Waals surface area contributed by atoms with Crippen LogP contribution in [0.2, 0.25) is 0 Å². The van der Waals surface area contributed by atoms with Gasteiger partial charge in [0.25, 0.3) is 0 Å². The molecule has 19 heavy (non-hydrogen) atoms. The SMILES string of the molecule is Cc1ccccc1[C@H](C)NC1CCCC(C2CC2)C1. The zero-order valence-electron chi connectivity index (χ0n) is 12.4. The number of nitrogens with one attached hydrogen (secondary N) is 1. The molecule has 0 amide bonds. The van der Waals surface area contributed by atoms with E-state index in [1.807, 2.05) is 0 Å². The Morgan fingerprint density at radius 2 is 1.84 bits per heavy atom. The second-order valence-electron chi connectivity index (χ2n) is 6.71. The third kappa shape index (κ3) is 3.20. The van der Waals surface area contributed by atoms with Crippen LogP contribution in [-0.4, -0.2) is 6.04 Å². The van der Waals surface area contributed by atoms with Crippen LogP contribution in [0, 0.1) is 18.8 Å². The van der Waals surface area contributed by atoms with Crippen molar-refractivity contribution < 1.29 is 0 Å². The van der Waals surface area contributed by atoms with Crippen LogP contribution < -0.4 is 5.32 Å². The summed E-state index contributed by atoms with van der Waals surface area (Å²) in [5.74, 6) is 2.11. The lowest BCUT2D eigenvalue weighted by molar-refractivity contribution is 0.249. The standard InChI is InChI=1S/C18H27N/c1-13-6-3-4-9-18(13)14(2)19-17-8-5-7-16(12-17)15-10-11-15/h3-4,6,9,14-17,19H,5,7-8,10-12H2,1-2H3/t14-,16?,17?/m0/s1. The summed E-state index contributed by atoms with van der Waals surface area (Å²) in [4.78, 5) is 0. The molecule has 0 heterocycles. The van der Waals surface area contributed by atoms with E-state index in [0.29, 0.717) is 6.04 Å². The quantitative estimate of drug-likeness (QED) is 0.830. The van der Waals surface area contributed by atoms with Crippen molar-refractivity contribution in [3.05, 3.63) is 35.4 Å². The Morgan fingerprint density at radius 1 is 1.05 bits per heavy atom. The van der Waals surface area contributed by atoms with E-state index in [2.05, 4.69) is 43.4 Å². The third-order valence-electron chi connectivity index (χ3n) is 5.14. The summed E-state index contributed by atoms with van der Waals surface area (Å²) < 4.78 is 0. The van der Waals surface area contributed by atoms with Crippen LogP contribution >= 0.6 is 0 Å². The maximum Gasteiger partial charge on any atom is 0.0296 e. The summed E-state index contributed by atoms with van der Waals surface area (Å²) in [6.07, 6.45) is 8.72. The van der Waals surface area contributed by atoms with Gasteiger partial charge in [0.05, 0.1) is 0 Å². The highest BCUT2D eigenvalue weighted by molar-refractivity contribution is 5.28. The Bertz CT molecular complexity index is 421. The summed E-state index contributed by atoms with van der Waals surface area (Å²) in [7, 11) is 0. The van der Waals surface area contributed by atoms with Gasteiger partial charge in [0.1, 0.15) is 0 Å². The number of hydrogen-bond donors (Lipinski definition) is 1. The average molecular weight is 257 g/mol. The van der Waals surface area contributed by atoms with E-state index in [9.17, 15) is 0 Å². The van der Waals surface area contributed by atoms with Crippen molar-refractivity contribution in [2.45, 2.75) is 64.5 Å². The first-order valence-electron chi connectivity index (χ1n) is 8.05. The summed E-state index contributed by atoms with van der Waals surface area (Å²) in [5.41, 5.74) is 2.88. The zero-order valence-corrected chi connectivity index (χ0v) is 12.4.